The van der Waals surface area contributed by atoms with Gasteiger partial charge in [-0.1, -0.05) is 37.1 Å². The number of hydrogen-bond acceptors (Lipinski definition) is 4. The molecule has 2 fully saturated rings. The van der Waals surface area contributed by atoms with Crippen molar-refractivity contribution in [1.82, 2.24) is 4.90 Å². The number of likely N-dealkylation sites (tertiary alicyclic amines) is 1. The molecule has 1 saturated heterocycles. The molecule has 0 radical (unpaired) electrons. The molecule has 4 rings (SSSR count). The summed E-state index contributed by atoms with van der Waals surface area (Å²) in [4.78, 5) is 40.2. The van der Waals surface area contributed by atoms with Crippen molar-refractivity contribution in [3.05, 3.63) is 65.7 Å². The van der Waals surface area contributed by atoms with Gasteiger partial charge in [-0.2, -0.15) is 0 Å². The zero-order valence-electron chi connectivity index (χ0n) is 17.0. The van der Waals surface area contributed by atoms with Gasteiger partial charge >= 0.3 is 5.97 Å². The Hall–Kier alpha value is -3.15. The molecule has 1 N–H and O–H groups in total. The van der Waals surface area contributed by atoms with Crippen molar-refractivity contribution in [2.45, 2.75) is 44.2 Å². The van der Waals surface area contributed by atoms with Gasteiger partial charge in [-0.15, -0.1) is 0 Å². The van der Waals surface area contributed by atoms with Crippen LogP contribution < -0.4 is 5.32 Å². The third kappa shape index (κ3) is 3.95. The predicted molar refractivity (Wildman–Crippen MR) is 113 cm³/mol. The number of carbonyl (C=O) groups excluding carboxylic acids is 3. The molecule has 30 heavy (non-hydrogen) atoms. The predicted octanol–water partition coefficient (Wildman–Crippen LogP) is 3.89. The van der Waals surface area contributed by atoms with E-state index in [2.05, 4.69) is 5.32 Å². The lowest BCUT2D eigenvalue weighted by Crippen LogP contribution is -2.47. The number of anilines is 1. The van der Waals surface area contributed by atoms with Gasteiger partial charge in [0, 0.05) is 17.3 Å². The van der Waals surface area contributed by atoms with Crippen LogP contribution in [0.25, 0.3) is 0 Å². The first-order valence-electron chi connectivity index (χ1n) is 10.5. The van der Waals surface area contributed by atoms with E-state index in [9.17, 15) is 14.4 Å². The van der Waals surface area contributed by atoms with Gasteiger partial charge in [-0.3, -0.25) is 9.59 Å². The van der Waals surface area contributed by atoms with Gasteiger partial charge < -0.3 is 15.0 Å². The van der Waals surface area contributed by atoms with Crippen LogP contribution in [-0.2, 0) is 9.53 Å². The second kappa shape index (κ2) is 8.69. The molecule has 2 aromatic rings. The quantitative estimate of drug-likeness (QED) is 0.782. The number of hydrogen-bond donors (Lipinski definition) is 1. The summed E-state index contributed by atoms with van der Waals surface area (Å²) in [6, 6.07) is 15.4. The van der Waals surface area contributed by atoms with Crippen LogP contribution in [-0.4, -0.2) is 41.9 Å². The first-order chi connectivity index (χ1) is 14.6. The van der Waals surface area contributed by atoms with E-state index in [0.29, 0.717) is 29.2 Å². The zero-order chi connectivity index (χ0) is 21.1. The molecule has 6 heteroatoms. The Labute approximate surface area is 176 Å². The summed E-state index contributed by atoms with van der Waals surface area (Å²) in [6.45, 7) is 0. The van der Waals surface area contributed by atoms with Crippen molar-refractivity contribution in [2.75, 3.05) is 12.4 Å². The highest BCUT2D eigenvalue weighted by atomic mass is 16.5. The number of benzene rings is 2. The third-order valence-electron chi connectivity index (χ3n) is 6.20. The molecule has 3 unspecified atom stereocenters. The van der Waals surface area contributed by atoms with Crippen molar-refractivity contribution in [1.29, 1.82) is 0 Å². The highest BCUT2D eigenvalue weighted by Gasteiger charge is 2.47. The van der Waals surface area contributed by atoms with E-state index in [0.717, 1.165) is 25.7 Å². The molecule has 1 aliphatic heterocycles. The van der Waals surface area contributed by atoms with Gasteiger partial charge in [0.25, 0.3) is 5.91 Å². The largest absolute Gasteiger partial charge is 0.465 e. The Morgan fingerprint density at radius 3 is 2.47 bits per heavy atom. The summed E-state index contributed by atoms with van der Waals surface area (Å²) in [5.41, 5.74) is 1.49. The average Bonchev–Trinajstić information content (AvgIpc) is 3.18. The van der Waals surface area contributed by atoms with E-state index in [4.69, 9.17) is 4.74 Å². The van der Waals surface area contributed by atoms with E-state index < -0.39 is 12.0 Å². The second-order valence-corrected chi connectivity index (χ2v) is 8.00. The van der Waals surface area contributed by atoms with E-state index in [1.54, 1.807) is 41.3 Å². The fourth-order valence-electron chi connectivity index (χ4n) is 4.78. The van der Waals surface area contributed by atoms with Gasteiger partial charge in [0.15, 0.2) is 0 Å². The molecule has 1 heterocycles. The summed E-state index contributed by atoms with van der Waals surface area (Å²) < 4.78 is 4.75. The fourth-order valence-corrected chi connectivity index (χ4v) is 4.78. The lowest BCUT2D eigenvalue weighted by Gasteiger charge is -2.33. The fraction of sp³-hybridized carbons (Fsp3) is 0.375. The molecule has 156 valence electrons. The smallest absolute Gasteiger partial charge is 0.337 e. The number of carbonyl (C=O) groups is 3. The van der Waals surface area contributed by atoms with E-state index in [1.807, 2.05) is 18.2 Å². The van der Waals surface area contributed by atoms with Crippen LogP contribution in [0.1, 0.15) is 52.8 Å². The summed E-state index contributed by atoms with van der Waals surface area (Å²) in [7, 11) is 1.32. The van der Waals surface area contributed by atoms with E-state index in [-0.39, 0.29) is 17.9 Å². The van der Waals surface area contributed by atoms with Crippen LogP contribution in [0.3, 0.4) is 0 Å². The van der Waals surface area contributed by atoms with Crippen molar-refractivity contribution < 1.29 is 19.1 Å². The zero-order valence-corrected chi connectivity index (χ0v) is 17.0. The first kappa shape index (κ1) is 20.1. The van der Waals surface area contributed by atoms with E-state index in [1.165, 1.54) is 7.11 Å². The van der Waals surface area contributed by atoms with Gasteiger partial charge in [0.1, 0.15) is 6.04 Å². The number of methoxy groups -OCH3 is 1. The molecular formula is C24H26N2O4. The number of amides is 2. The Balaban J connectivity index is 1.58. The van der Waals surface area contributed by atoms with Crippen LogP contribution in [0.15, 0.2) is 54.6 Å². The second-order valence-electron chi connectivity index (χ2n) is 8.00. The average molecular weight is 406 g/mol. The maximum Gasteiger partial charge on any atom is 0.337 e. The lowest BCUT2D eigenvalue weighted by atomic mass is 9.84. The number of nitrogens with one attached hydrogen (secondary N) is 1. The van der Waals surface area contributed by atoms with Crippen molar-refractivity contribution in [2.24, 2.45) is 5.92 Å². The molecule has 6 nitrogen and oxygen atoms in total. The highest BCUT2D eigenvalue weighted by molar-refractivity contribution is 6.02. The SMILES string of the molecule is COC(=O)c1cccc(NC(=O)C2CC3CCCCC3N2C(=O)c2ccccc2)c1. The number of esters is 1. The topological polar surface area (TPSA) is 75.7 Å². The number of ether oxygens (including phenoxy) is 1. The molecule has 0 bridgehead atoms. The van der Waals surface area contributed by atoms with Crippen molar-refractivity contribution >= 4 is 23.5 Å². The van der Waals surface area contributed by atoms with Gasteiger partial charge in [0.2, 0.25) is 5.91 Å². The summed E-state index contributed by atoms with van der Waals surface area (Å²) in [5.74, 6) is -0.411. The first-order valence-corrected chi connectivity index (χ1v) is 10.5. The summed E-state index contributed by atoms with van der Waals surface area (Å²) >= 11 is 0. The van der Waals surface area contributed by atoms with Crippen LogP contribution in [0.5, 0.6) is 0 Å². The standard InChI is InChI=1S/C24H26N2O4/c1-30-24(29)18-11-7-12-19(14-18)25-22(27)21-15-17-10-5-6-13-20(17)26(21)23(28)16-8-3-2-4-9-16/h2-4,7-9,11-12,14,17,20-21H,5-6,10,13,15H2,1H3,(H,25,27). The molecule has 2 aromatic carbocycles. The van der Waals surface area contributed by atoms with Gasteiger partial charge in [-0.25, -0.2) is 4.79 Å². The Morgan fingerprint density at radius 1 is 0.967 bits per heavy atom. The summed E-state index contributed by atoms with van der Waals surface area (Å²) in [5, 5.41) is 2.91. The number of nitrogens with zero attached hydrogens (tertiary/aromatic N) is 1. The van der Waals surface area contributed by atoms with Crippen LogP contribution in [0.2, 0.25) is 0 Å². The van der Waals surface area contributed by atoms with E-state index >= 15 is 0 Å². The van der Waals surface area contributed by atoms with Gasteiger partial charge in [0.05, 0.1) is 12.7 Å². The minimum Gasteiger partial charge on any atom is -0.465 e. The minimum absolute atomic E-state index is 0.0894. The van der Waals surface area contributed by atoms with Crippen LogP contribution in [0.4, 0.5) is 5.69 Å². The molecule has 1 aliphatic carbocycles. The Morgan fingerprint density at radius 2 is 1.70 bits per heavy atom. The van der Waals surface area contributed by atoms with Crippen LogP contribution >= 0.6 is 0 Å². The van der Waals surface area contributed by atoms with Crippen molar-refractivity contribution in [3.63, 3.8) is 0 Å². The molecule has 2 amide bonds. The molecule has 1 saturated carbocycles. The summed E-state index contributed by atoms with van der Waals surface area (Å²) in [6.07, 6.45) is 4.88. The highest BCUT2D eigenvalue weighted by Crippen LogP contribution is 2.40. The maximum absolute atomic E-state index is 13.3. The Kier molecular flexibility index (Phi) is 5.84. The molecule has 0 aromatic heterocycles. The molecule has 3 atom stereocenters. The van der Waals surface area contributed by atoms with Crippen molar-refractivity contribution in [3.8, 4) is 0 Å². The minimum atomic E-state index is -0.521. The lowest BCUT2D eigenvalue weighted by molar-refractivity contribution is -0.120. The molecule has 0 spiro atoms. The normalized spacial score (nSPS) is 22.8. The van der Waals surface area contributed by atoms with Crippen LogP contribution in [0, 0.1) is 5.92 Å². The molecular weight excluding hydrogens is 380 g/mol. The molecule has 2 aliphatic rings. The third-order valence-corrected chi connectivity index (χ3v) is 6.20. The number of rotatable bonds is 4. The monoisotopic (exact) mass is 406 g/mol. The Bertz CT molecular complexity index is 943. The maximum atomic E-state index is 13.3. The number of fused-ring (bicyclic) bond motifs is 1. The van der Waals surface area contributed by atoms with Gasteiger partial charge in [-0.05, 0) is 55.5 Å².